The van der Waals surface area contributed by atoms with Crippen molar-refractivity contribution in [1.29, 1.82) is 0 Å². The maximum Gasteiger partial charge on any atom is 0.0739 e. The number of aromatic nitrogens is 1. The first-order chi connectivity index (χ1) is 8.96. The van der Waals surface area contributed by atoms with Crippen molar-refractivity contribution in [2.24, 2.45) is 11.1 Å². The SMILES string of the molecule is CCc1cccc2c(CC(C)(C)CN)cc(C)nc12. The van der Waals surface area contributed by atoms with Crippen LogP contribution in [0.3, 0.4) is 0 Å². The summed E-state index contributed by atoms with van der Waals surface area (Å²) in [6.07, 6.45) is 2.02. The average Bonchev–Trinajstić information content (AvgIpc) is 2.37. The molecule has 0 spiro atoms. The lowest BCUT2D eigenvalue weighted by atomic mass is 9.84. The molecule has 2 heteroatoms. The van der Waals surface area contributed by atoms with Crippen molar-refractivity contribution in [3.05, 3.63) is 41.1 Å². The van der Waals surface area contributed by atoms with E-state index in [0.29, 0.717) is 6.54 Å². The van der Waals surface area contributed by atoms with Crippen LogP contribution in [0.15, 0.2) is 24.3 Å². The van der Waals surface area contributed by atoms with Gasteiger partial charge in [0.1, 0.15) is 0 Å². The summed E-state index contributed by atoms with van der Waals surface area (Å²) in [7, 11) is 0. The van der Waals surface area contributed by atoms with E-state index in [9.17, 15) is 0 Å². The van der Waals surface area contributed by atoms with Crippen LogP contribution in [0.2, 0.25) is 0 Å². The van der Waals surface area contributed by atoms with Gasteiger partial charge in [-0.05, 0) is 48.9 Å². The van der Waals surface area contributed by atoms with Crippen molar-refractivity contribution in [2.75, 3.05) is 6.54 Å². The molecule has 0 atom stereocenters. The first-order valence-electron chi connectivity index (χ1n) is 7.05. The molecule has 1 aromatic carbocycles. The van der Waals surface area contributed by atoms with Crippen molar-refractivity contribution in [3.8, 4) is 0 Å². The van der Waals surface area contributed by atoms with Gasteiger partial charge in [0, 0.05) is 11.1 Å². The maximum atomic E-state index is 5.88. The quantitative estimate of drug-likeness (QED) is 0.907. The summed E-state index contributed by atoms with van der Waals surface area (Å²) in [5.41, 5.74) is 11.0. The van der Waals surface area contributed by atoms with Crippen LogP contribution in [-0.2, 0) is 12.8 Å². The highest BCUT2D eigenvalue weighted by atomic mass is 14.7. The first-order valence-corrected chi connectivity index (χ1v) is 7.05. The largest absolute Gasteiger partial charge is 0.330 e. The fraction of sp³-hybridized carbons (Fsp3) is 0.471. The third kappa shape index (κ3) is 2.95. The zero-order valence-corrected chi connectivity index (χ0v) is 12.5. The van der Waals surface area contributed by atoms with Crippen LogP contribution >= 0.6 is 0 Å². The number of aryl methyl sites for hydroxylation is 2. The van der Waals surface area contributed by atoms with Gasteiger partial charge in [0.2, 0.25) is 0 Å². The van der Waals surface area contributed by atoms with E-state index >= 15 is 0 Å². The van der Waals surface area contributed by atoms with Gasteiger partial charge >= 0.3 is 0 Å². The number of nitrogens with zero attached hydrogens (tertiary/aromatic N) is 1. The standard InChI is InChI=1S/C17H24N2/c1-5-13-7-6-8-15-14(10-17(3,4)11-18)9-12(2)19-16(13)15/h6-9H,5,10-11,18H2,1-4H3. The summed E-state index contributed by atoms with van der Waals surface area (Å²) < 4.78 is 0. The number of benzene rings is 1. The van der Waals surface area contributed by atoms with Crippen LogP contribution in [-0.4, -0.2) is 11.5 Å². The molecule has 1 aromatic heterocycles. The Labute approximate surface area is 116 Å². The third-order valence-electron chi connectivity index (χ3n) is 3.74. The Morgan fingerprint density at radius 1 is 1.21 bits per heavy atom. The van der Waals surface area contributed by atoms with Crippen LogP contribution in [0.5, 0.6) is 0 Å². The van der Waals surface area contributed by atoms with Crippen molar-refractivity contribution in [2.45, 2.75) is 40.5 Å². The molecule has 0 unspecified atom stereocenters. The Kier molecular flexibility index (Phi) is 3.91. The number of fused-ring (bicyclic) bond motifs is 1. The minimum atomic E-state index is 0.128. The Morgan fingerprint density at radius 3 is 2.58 bits per heavy atom. The van der Waals surface area contributed by atoms with Gasteiger partial charge in [-0.2, -0.15) is 0 Å². The lowest BCUT2D eigenvalue weighted by Crippen LogP contribution is -2.26. The molecular formula is C17H24N2. The number of para-hydroxylation sites is 1. The van der Waals surface area contributed by atoms with E-state index in [1.807, 2.05) is 0 Å². The normalized spacial score (nSPS) is 12.1. The molecule has 102 valence electrons. The Balaban J connectivity index is 2.61. The van der Waals surface area contributed by atoms with Gasteiger partial charge in [-0.15, -0.1) is 0 Å². The van der Waals surface area contributed by atoms with Gasteiger partial charge < -0.3 is 5.73 Å². The lowest BCUT2D eigenvalue weighted by Gasteiger charge is -2.23. The summed E-state index contributed by atoms with van der Waals surface area (Å²) in [5.74, 6) is 0. The number of nitrogens with two attached hydrogens (primary N) is 1. The van der Waals surface area contributed by atoms with Crippen LogP contribution < -0.4 is 5.73 Å². The molecule has 0 aliphatic heterocycles. The molecule has 0 saturated heterocycles. The molecule has 2 rings (SSSR count). The molecule has 0 saturated carbocycles. The van der Waals surface area contributed by atoms with E-state index in [1.165, 1.54) is 16.5 Å². The van der Waals surface area contributed by atoms with Gasteiger partial charge in [-0.3, -0.25) is 4.98 Å². The van der Waals surface area contributed by atoms with Gasteiger partial charge in [0.15, 0.2) is 0 Å². The summed E-state index contributed by atoms with van der Waals surface area (Å²) >= 11 is 0. The fourth-order valence-electron chi connectivity index (χ4n) is 2.54. The van der Waals surface area contributed by atoms with Crippen LogP contribution in [0.1, 0.15) is 37.6 Å². The predicted octanol–water partition coefficient (Wildman–Crippen LogP) is 3.63. The van der Waals surface area contributed by atoms with Crippen molar-refractivity contribution in [1.82, 2.24) is 4.98 Å². The average molecular weight is 256 g/mol. The molecule has 0 fully saturated rings. The zero-order chi connectivity index (χ0) is 14.0. The van der Waals surface area contributed by atoms with Gasteiger partial charge in [-0.25, -0.2) is 0 Å². The molecule has 1 heterocycles. The van der Waals surface area contributed by atoms with Crippen molar-refractivity contribution < 1.29 is 0 Å². The Bertz CT molecular complexity index is 585. The second-order valence-corrected chi connectivity index (χ2v) is 6.13. The smallest absolute Gasteiger partial charge is 0.0739 e. The number of hydrogen-bond acceptors (Lipinski definition) is 2. The minimum Gasteiger partial charge on any atom is -0.330 e. The number of rotatable bonds is 4. The zero-order valence-electron chi connectivity index (χ0n) is 12.5. The van der Waals surface area contributed by atoms with E-state index in [0.717, 1.165) is 24.1 Å². The molecule has 0 bridgehead atoms. The lowest BCUT2D eigenvalue weighted by molar-refractivity contribution is 0.378. The summed E-state index contributed by atoms with van der Waals surface area (Å²) in [5, 5.41) is 1.28. The second-order valence-electron chi connectivity index (χ2n) is 6.13. The predicted molar refractivity (Wildman–Crippen MR) is 82.4 cm³/mol. The minimum absolute atomic E-state index is 0.128. The topological polar surface area (TPSA) is 38.9 Å². The highest BCUT2D eigenvalue weighted by Gasteiger charge is 2.18. The van der Waals surface area contributed by atoms with Crippen molar-refractivity contribution >= 4 is 10.9 Å². The number of hydrogen-bond donors (Lipinski definition) is 1. The van der Waals surface area contributed by atoms with E-state index in [2.05, 4.69) is 52.0 Å². The fourth-order valence-corrected chi connectivity index (χ4v) is 2.54. The van der Waals surface area contributed by atoms with Gasteiger partial charge in [0.25, 0.3) is 0 Å². The van der Waals surface area contributed by atoms with E-state index in [1.54, 1.807) is 0 Å². The van der Waals surface area contributed by atoms with E-state index in [-0.39, 0.29) is 5.41 Å². The van der Waals surface area contributed by atoms with Gasteiger partial charge in [-0.1, -0.05) is 39.0 Å². The monoisotopic (exact) mass is 256 g/mol. The van der Waals surface area contributed by atoms with Crippen LogP contribution in [0.4, 0.5) is 0 Å². The summed E-state index contributed by atoms with van der Waals surface area (Å²) in [6.45, 7) is 9.40. The highest BCUT2D eigenvalue weighted by Crippen LogP contribution is 2.28. The summed E-state index contributed by atoms with van der Waals surface area (Å²) in [4.78, 5) is 4.73. The molecule has 0 aliphatic carbocycles. The molecule has 0 aliphatic rings. The van der Waals surface area contributed by atoms with Crippen LogP contribution in [0.25, 0.3) is 10.9 Å². The van der Waals surface area contributed by atoms with E-state index in [4.69, 9.17) is 10.7 Å². The summed E-state index contributed by atoms with van der Waals surface area (Å²) in [6, 6.07) is 8.70. The highest BCUT2D eigenvalue weighted by molar-refractivity contribution is 5.85. The molecule has 2 aromatic rings. The Hall–Kier alpha value is -1.41. The maximum absolute atomic E-state index is 5.88. The van der Waals surface area contributed by atoms with Crippen molar-refractivity contribution in [3.63, 3.8) is 0 Å². The second kappa shape index (κ2) is 5.30. The molecule has 2 nitrogen and oxygen atoms in total. The third-order valence-corrected chi connectivity index (χ3v) is 3.74. The first kappa shape index (κ1) is 14.0. The number of pyridine rings is 1. The molecule has 19 heavy (non-hydrogen) atoms. The Morgan fingerprint density at radius 2 is 1.95 bits per heavy atom. The molecule has 0 radical (unpaired) electrons. The molecule has 2 N–H and O–H groups in total. The van der Waals surface area contributed by atoms with E-state index < -0.39 is 0 Å². The van der Waals surface area contributed by atoms with Gasteiger partial charge in [0.05, 0.1) is 5.52 Å². The van der Waals surface area contributed by atoms with Crippen LogP contribution in [0, 0.1) is 12.3 Å². The molecule has 0 amide bonds. The molecular weight excluding hydrogens is 232 g/mol.